The smallest absolute Gasteiger partial charge is 0.123 e. The van der Waals surface area contributed by atoms with Crippen molar-refractivity contribution < 1.29 is 4.74 Å². The molecule has 0 bridgehead atoms. The van der Waals surface area contributed by atoms with Gasteiger partial charge in [-0.05, 0) is 42.3 Å². The van der Waals surface area contributed by atoms with Crippen molar-refractivity contribution in [2.75, 3.05) is 7.11 Å². The van der Waals surface area contributed by atoms with E-state index in [0.717, 1.165) is 25.8 Å². The molecule has 0 saturated carbocycles. The van der Waals surface area contributed by atoms with Crippen molar-refractivity contribution in [1.82, 2.24) is 0 Å². The molecule has 0 aliphatic heterocycles. The second kappa shape index (κ2) is 6.42. The third-order valence-electron chi connectivity index (χ3n) is 2.95. The van der Waals surface area contributed by atoms with Crippen LogP contribution < -0.4 is 4.74 Å². The topological polar surface area (TPSA) is 9.23 Å². The van der Waals surface area contributed by atoms with Crippen LogP contribution in [0.4, 0.5) is 0 Å². The molecule has 1 unspecified atom stereocenters. The normalized spacial score (nSPS) is 12.3. The minimum atomic E-state index is 0.104. The van der Waals surface area contributed by atoms with Crippen molar-refractivity contribution in [2.45, 2.75) is 11.8 Å². The van der Waals surface area contributed by atoms with Crippen molar-refractivity contribution in [3.8, 4) is 5.75 Å². The first-order chi connectivity index (χ1) is 9.02. The molecule has 0 amide bonds. The first kappa shape index (κ1) is 15.1. The van der Waals surface area contributed by atoms with Gasteiger partial charge < -0.3 is 4.74 Å². The zero-order valence-electron chi connectivity index (χ0n) is 10.6. The van der Waals surface area contributed by atoms with Crippen LogP contribution in [0.3, 0.4) is 0 Å². The number of hydrogen-bond acceptors (Lipinski definition) is 1. The number of methoxy groups -OCH3 is 1. The van der Waals surface area contributed by atoms with Crippen molar-refractivity contribution >= 4 is 47.8 Å². The van der Waals surface area contributed by atoms with Gasteiger partial charge in [0.2, 0.25) is 0 Å². The number of rotatable bonds is 3. The van der Waals surface area contributed by atoms with E-state index in [9.17, 15) is 0 Å². The Kier molecular flexibility index (Phi) is 5.09. The van der Waals surface area contributed by atoms with E-state index < -0.39 is 0 Å². The lowest BCUT2D eigenvalue weighted by atomic mass is 10.0. The quantitative estimate of drug-likeness (QED) is 0.522. The predicted octanol–water partition coefficient (Wildman–Crippen LogP) is 6.01. The molecule has 4 heteroatoms. The molecule has 0 radical (unpaired) electrons. The van der Waals surface area contributed by atoms with Gasteiger partial charge in [-0.25, -0.2) is 0 Å². The van der Waals surface area contributed by atoms with Gasteiger partial charge in [0.25, 0.3) is 0 Å². The van der Waals surface area contributed by atoms with Crippen molar-refractivity contribution in [3.05, 3.63) is 62.0 Å². The van der Waals surface area contributed by atoms with Gasteiger partial charge in [0.05, 0.1) is 11.9 Å². The zero-order chi connectivity index (χ0) is 14.0. The maximum absolute atomic E-state index is 5.49. The number of benzene rings is 2. The Morgan fingerprint density at radius 3 is 2.26 bits per heavy atom. The van der Waals surface area contributed by atoms with Gasteiger partial charge in [-0.1, -0.05) is 59.9 Å². The minimum absolute atomic E-state index is 0.104. The number of alkyl halides is 1. The van der Waals surface area contributed by atoms with E-state index in [-0.39, 0.29) is 4.83 Å². The van der Waals surface area contributed by atoms with Gasteiger partial charge in [0, 0.05) is 14.5 Å². The molecule has 2 rings (SSSR count). The molecule has 0 aromatic heterocycles. The number of ether oxygens (including phenoxy) is 1. The van der Waals surface area contributed by atoms with Gasteiger partial charge >= 0.3 is 0 Å². The van der Waals surface area contributed by atoms with E-state index >= 15 is 0 Å². The molecule has 0 aliphatic rings. The van der Waals surface area contributed by atoms with Crippen LogP contribution in [0.15, 0.2) is 45.3 Å². The van der Waals surface area contributed by atoms with Crippen LogP contribution in [0.1, 0.15) is 21.5 Å². The summed E-state index contributed by atoms with van der Waals surface area (Å²) in [6.45, 7) is 2.05. The van der Waals surface area contributed by atoms with Gasteiger partial charge in [-0.2, -0.15) is 0 Å². The molecular weight excluding hydrogens is 436 g/mol. The van der Waals surface area contributed by atoms with E-state index in [0.29, 0.717) is 0 Å². The summed E-state index contributed by atoms with van der Waals surface area (Å²) in [7, 11) is 1.70. The molecule has 0 heterocycles. The van der Waals surface area contributed by atoms with Gasteiger partial charge in [0.15, 0.2) is 0 Å². The van der Waals surface area contributed by atoms with Gasteiger partial charge in [-0.3, -0.25) is 0 Å². The molecule has 2 aromatic rings. The Hall–Kier alpha value is -0.320. The van der Waals surface area contributed by atoms with E-state index in [1.165, 1.54) is 5.56 Å². The largest absolute Gasteiger partial charge is 0.496 e. The molecule has 0 spiro atoms. The van der Waals surface area contributed by atoms with Gasteiger partial charge in [-0.15, -0.1) is 0 Å². The third kappa shape index (κ3) is 3.41. The first-order valence-electron chi connectivity index (χ1n) is 5.76. The molecule has 0 N–H and O–H groups in total. The lowest BCUT2D eigenvalue weighted by molar-refractivity contribution is 0.410. The first-order valence-corrected chi connectivity index (χ1v) is 8.26. The van der Waals surface area contributed by atoms with Crippen LogP contribution in [0.2, 0.25) is 0 Å². The lowest BCUT2D eigenvalue weighted by Gasteiger charge is -2.16. The summed E-state index contributed by atoms with van der Waals surface area (Å²) in [4.78, 5) is 0.104. The fourth-order valence-electron chi connectivity index (χ4n) is 1.86. The molecule has 0 aliphatic carbocycles. The second-order valence-electron chi connectivity index (χ2n) is 4.26. The molecule has 1 nitrogen and oxygen atoms in total. The molecule has 0 saturated heterocycles. The highest BCUT2D eigenvalue weighted by atomic mass is 79.9. The van der Waals surface area contributed by atoms with Crippen LogP contribution in [0.5, 0.6) is 5.75 Å². The maximum atomic E-state index is 5.49. The second-order valence-corrected chi connectivity index (χ2v) is 6.94. The van der Waals surface area contributed by atoms with E-state index in [1.54, 1.807) is 7.11 Å². The molecule has 0 fully saturated rings. The monoisotopic (exact) mass is 446 g/mol. The summed E-state index contributed by atoms with van der Waals surface area (Å²) in [5.41, 5.74) is 3.47. The Labute approximate surface area is 138 Å². The van der Waals surface area contributed by atoms with Crippen LogP contribution in [0.25, 0.3) is 0 Å². The van der Waals surface area contributed by atoms with Crippen LogP contribution in [-0.2, 0) is 0 Å². The molecule has 1 atom stereocenters. The summed E-state index contributed by atoms with van der Waals surface area (Å²) >= 11 is 10.8. The fraction of sp³-hybridized carbons (Fsp3) is 0.200. The predicted molar refractivity (Wildman–Crippen MR) is 90.3 cm³/mol. The number of aryl methyl sites for hydroxylation is 1. The van der Waals surface area contributed by atoms with Crippen LogP contribution >= 0.6 is 47.8 Å². The highest BCUT2D eigenvalue weighted by Gasteiger charge is 2.16. The molecule has 19 heavy (non-hydrogen) atoms. The maximum Gasteiger partial charge on any atom is 0.123 e. The summed E-state index contributed by atoms with van der Waals surface area (Å²) < 4.78 is 7.65. The van der Waals surface area contributed by atoms with E-state index in [1.807, 2.05) is 18.2 Å². The van der Waals surface area contributed by atoms with Crippen molar-refractivity contribution in [2.24, 2.45) is 0 Å². The SMILES string of the molecule is COc1cc(C)c(Br)cc1C(Br)c1ccc(Br)cc1. The highest BCUT2D eigenvalue weighted by Crippen LogP contribution is 2.39. The highest BCUT2D eigenvalue weighted by molar-refractivity contribution is 9.11. The Bertz CT molecular complexity index is 579. The molecule has 2 aromatic carbocycles. The van der Waals surface area contributed by atoms with Crippen LogP contribution in [-0.4, -0.2) is 7.11 Å². The van der Waals surface area contributed by atoms with E-state index in [4.69, 9.17) is 4.74 Å². The Balaban J connectivity index is 2.45. The average Bonchev–Trinajstić information content (AvgIpc) is 2.41. The Morgan fingerprint density at radius 2 is 1.68 bits per heavy atom. The fourth-order valence-corrected chi connectivity index (χ4v) is 3.14. The third-order valence-corrected chi connectivity index (χ3v) is 5.35. The zero-order valence-corrected chi connectivity index (χ0v) is 15.3. The summed E-state index contributed by atoms with van der Waals surface area (Å²) in [5.74, 6) is 0.894. The summed E-state index contributed by atoms with van der Waals surface area (Å²) in [5, 5.41) is 0. The number of halogens is 3. The molecule has 100 valence electrons. The number of hydrogen-bond donors (Lipinski definition) is 0. The van der Waals surface area contributed by atoms with E-state index in [2.05, 4.69) is 72.9 Å². The standard InChI is InChI=1S/C15H13Br3O/c1-9-7-14(19-2)12(8-13(9)17)15(18)10-3-5-11(16)6-4-10/h3-8,15H,1-2H3. The van der Waals surface area contributed by atoms with Crippen molar-refractivity contribution in [3.63, 3.8) is 0 Å². The Morgan fingerprint density at radius 1 is 1.05 bits per heavy atom. The molecular formula is C15H13Br3O. The van der Waals surface area contributed by atoms with Gasteiger partial charge in [0.1, 0.15) is 5.75 Å². The summed E-state index contributed by atoms with van der Waals surface area (Å²) in [6, 6.07) is 12.4. The lowest BCUT2D eigenvalue weighted by Crippen LogP contribution is -1.98. The summed E-state index contributed by atoms with van der Waals surface area (Å²) in [6.07, 6.45) is 0. The minimum Gasteiger partial charge on any atom is -0.496 e. The average molecular weight is 449 g/mol. The van der Waals surface area contributed by atoms with Crippen molar-refractivity contribution in [1.29, 1.82) is 0 Å². The van der Waals surface area contributed by atoms with Crippen LogP contribution in [0, 0.1) is 6.92 Å².